The second-order valence-electron chi connectivity index (χ2n) is 5.28. The van der Waals surface area contributed by atoms with E-state index in [0.29, 0.717) is 10.0 Å². The highest BCUT2D eigenvalue weighted by atomic mass is 35.5. The number of hydrogen-bond acceptors (Lipinski definition) is 3. The van der Waals surface area contributed by atoms with Crippen molar-refractivity contribution in [2.75, 3.05) is 5.88 Å². The topological polar surface area (TPSA) is 46.2 Å². The van der Waals surface area contributed by atoms with Crippen molar-refractivity contribution in [1.82, 2.24) is 5.32 Å². The summed E-state index contributed by atoms with van der Waals surface area (Å²) >= 11 is 11.1. The van der Waals surface area contributed by atoms with Gasteiger partial charge in [-0.1, -0.05) is 60.2 Å². The fraction of sp³-hybridized carbons (Fsp3) is 0.0556. The van der Waals surface area contributed by atoms with Crippen molar-refractivity contribution in [2.45, 2.75) is 4.90 Å². The predicted molar refractivity (Wildman–Crippen MR) is 102 cm³/mol. The lowest BCUT2D eigenvalue weighted by atomic mass is 10.1. The summed E-state index contributed by atoms with van der Waals surface area (Å²) in [7, 11) is -3.48. The average Bonchev–Trinajstić information content (AvgIpc) is 2.59. The van der Waals surface area contributed by atoms with Crippen LogP contribution in [0.2, 0.25) is 5.02 Å². The van der Waals surface area contributed by atoms with Gasteiger partial charge in [0.15, 0.2) is 9.84 Å². The highest BCUT2D eigenvalue weighted by Crippen LogP contribution is 2.17. The van der Waals surface area contributed by atoms with E-state index >= 15 is 0 Å². The monoisotopic (exact) mass is 375 g/mol. The summed E-state index contributed by atoms with van der Waals surface area (Å²) in [6, 6.07) is 19.8. The third-order valence-corrected chi connectivity index (χ3v) is 5.75. The maximum Gasteiger partial charge on any atom is 0.196 e. The molecule has 3 rings (SSSR count). The summed E-state index contributed by atoms with van der Waals surface area (Å²) in [5, 5.41) is 5.49. The molecule has 0 saturated heterocycles. The Morgan fingerprint density at radius 2 is 1.62 bits per heavy atom. The molecule has 0 aliphatic carbocycles. The standard InChI is InChI=1S/C18H14ClNO2S2/c19-16-7-9-17(10-8-16)24(21,22)12-20-18(23)15-6-5-13-3-1-2-4-14(13)11-15/h1-11H,12H2,(H,20,23). The summed E-state index contributed by atoms with van der Waals surface area (Å²) in [6.45, 7) is 0. The minimum absolute atomic E-state index is 0.209. The first-order valence-corrected chi connectivity index (χ1v) is 9.65. The normalized spacial score (nSPS) is 11.4. The van der Waals surface area contributed by atoms with E-state index in [2.05, 4.69) is 5.32 Å². The molecule has 3 aromatic rings. The summed E-state index contributed by atoms with van der Waals surface area (Å²) in [5.41, 5.74) is 0.787. The first kappa shape index (κ1) is 16.9. The molecule has 0 bridgehead atoms. The van der Waals surface area contributed by atoms with Crippen LogP contribution in [-0.4, -0.2) is 19.3 Å². The van der Waals surface area contributed by atoms with Crippen LogP contribution in [0.15, 0.2) is 71.6 Å². The van der Waals surface area contributed by atoms with Crippen molar-refractivity contribution in [1.29, 1.82) is 0 Å². The van der Waals surface area contributed by atoms with Crippen LogP contribution in [0.1, 0.15) is 5.56 Å². The molecule has 1 N–H and O–H groups in total. The van der Waals surface area contributed by atoms with E-state index in [0.717, 1.165) is 16.3 Å². The van der Waals surface area contributed by atoms with Crippen molar-refractivity contribution in [3.8, 4) is 0 Å². The van der Waals surface area contributed by atoms with Crippen molar-refractivity contribution in [2.24, 2.45) is 0 Å². The summed E-state index contributed by atoms with van der Waals surface area (Å²) in [6.07, 6.45) is 0. The fourth-order valence-corrected chi connectivity index (χ4v) is 3.79. The Kier molecular flexibility index (Phi) is 4.85. The van der Waals surface area contributed by atoms with Crippen molar-refractivity contribution in [3.63, 3.8) is 0 Å². The molecule has 0 aromatic heterocycles. The predicted octanol–water partition coefficient (Wildman–Crippen LogP) is 4.19. The molecule has 122 valence electrons. The number of hydrogen-bond donors (Lipinski definition) is 1. The van der Waals surface area contributed by atoms with E-state index in [4.69, 9.17) is 23.8 Å². The SMILES string of the molecule is O=S(=O)(CNC(=S)c1ccc2ccccc2c1)c1ccc(Cl)cc1. The molecule has 24 heavy (non-hydrogen) atoms. The highest BCUT2D eigenvalue weighted by Gasteiger charge is 2.15. The van der Waals surface area contributed by atoms with E-state index in [1.54, 1.807) is 12.1 Å². The van der Waals surface area contributed by atoms with Gasteiger partial charge in [0.2, 0.25) is 0 Å². The van der Waals surface area contributed by atoms with Gasteiger partial charge in [-0.3, -0.25) is 0 Å². The lowest BCUT2D eigenvalue weighted by molar-refractivity contribution is 0.594. The van der Waals surface area contributed by atoms with E-state index in [-0.39, 0.29) is 10.8 Å². The maximum atomic E-state index is 12.3. The third kappa shape index (κ3) is 3.75. The number of benzene rings is 3. The molecular weight excluding hydrogens is 362 g/mol. The van der Waals surface area contributed by atoms with Gasteiger partial charge in [0.25, 0.3) is 0 Å². The summed E-state index contributed by atoms with van der Waals surface area (Å²) < 4.78 is 24.7. The largest absolute Gasteiger partial charge is 0.362 e. The van der Waals surface area contributed by atoms with Crippen LogP contribution in [0.4, 0.5) is 0 Å². The van der Waals surface area contributed by atoms with Crippen LogP contribution in [-0.2, 0) is 9.84 Å². The van der Waals surface area contributed by atoms with Crippen LogP contribution in [0.25, 0.3) is 10.8 Å². The molecule has 0 heterocycles. The van der Waals surface area contributed by atoms with Gasteiger partial charge in [0.05, 0.1) is 4.90 Å². The Labute approximate surface area is 151 Å². The molecule has 0 spiro atoms. The molecular formula is C18H14ClNO2S2. The van der Waals surface area contributed by atoms with Crippen LogP contribution >= 0.6 is 23.8 Å². The highest BCUT2D eigenvalue weighted by molar-refractivity contribution is 7.91. The first-order valence-electron chi connectivity index (χ1n) is 7.21. The van der Waals surface area contributed by atoms with Gasteiger partial charge in [-0.05, 0) is 41.1 Å². The van der Waals surface area contributed by atoms with Crippen LogP contribution in [0.5, 0.6) is 0 Å². The summed E-state index contributed by atoms with van der Waals surface area (Å²) in [4.78, 5) is 0.610. The molecule has 0 saturated carbocycles. The summed E-state index contributed by atoms with van der Waals surface area (Å²) in [5.74, 6) is -0.264. The van der Waals surface area contributed by atoms with Crippen LogP contribution < -0.4 is 5.32 Å². The molecule has 3 aromatic carbocycles. The molecule has 0 atom stereocenters. The molecule has 0 unspecified atom stereocenters. The Morgan fingerprint density at radius 1 is 0.958 bits per heavy atom. The third-order valence-electron chi connectivity index (χ3n) is 3.61. The second kappa shape index (κ2) is 6.89. The zero-order valence-electron chi connectivity index (χ0n) is 12.6. The lowest BCUT2D eigenvalue weighted by Crippen LogP contribution is -2.28. The van der Waals surface area contributed by atoms with Gasteiger partial charge in [-0.25, -0.2) is 8.42 Å². The van der Waals surface area contributed by atoms with Crippen molar-refractivity contribution < 1.29 is 8.42 Å². The number of thiocarbonyl (C=S) groups is 1. The second-order valence-corrected chi connectivity index (χ2v) is 8.12. The lowest BCUT2D eigenvalue weighted by Gasteiger charge is -2.10. The number of fused-ring (bicyclic) bond motifs is 1. The minimum atomic E-state index is -3.48. The average molecular weight is 376 g/mol. The Bertz CT molecular complexity index is 999. The number of sulfone groups is 1. The number of nitrogens with one attached hydrogen (secondary N) is 1. The molecule has 3 nitrogen and oxygen atoms in total. The van der Waals surface area contributed by atoms with Crippen LogP contribution in [0.3, 0.4) is 0 Å². The Balaban J connectivity index is 1.75. The van der Waals surface area contributed by atoms with Gasteiger partial charge in [-0.15, -0.1) is 0 Å². The minimum Gasteiger partial charge on any atom is -0.362 e. The molecule has 0 fully saturated rings. The Morgan fingerprint density at radius 3 is 2.33 bits per heavy atom. The molecule has 0 amide bonds. The van der Waals surface area contributed by atoms with Crippen molar-refractivity contribution in [3.05, 3.63) is 77.3 Å². The smallest absolute Gasteiger partial charge is 0.196 e. The van der Waals surface area contributed by atoms with Gasteiger partial charge in [0, 0.05) is 10.6 Å². The van der Waals surface area contributed by atoms with Gasteiger partial charge >= 0.3 is 0 Å². The molecule has 0 aliphatic rings. The van der Waals surface area contributed by atoms with E-state index in [1.165, 1.54) is 12.1 Å². The Hall–Kier alpha value is -1.95. The van der Waals surface area contributed by atoms with Gasteiger partial charge in [0.1, 0.15) is 10.9 Å². The first-order chi connectivity index (χ1) is 11.5. The van der Waals surface area contributed by atoms with E-state index < -0.39 is 9.84 Å². The number of rotatable bonds is 4. The van der Waals surface area contributed by atoms with Gasteiger partial charge in [-0.2, -0.15) is 0 Å². The molecule has 6 heteroatoms. The van der Waals surface area contributed by atoms with Crippen molar-refractivity contribution >= 4 is 49.4 Å². The van der Waals surface area contributed by atoms with E-state index in [9.17, 15) is 8.42 Å². The zero-order chi connectivity index (χ0) is 17.2. The molecule has 0 radical (unpaired) electrons. The quantitative estimate of drug-likeness (QED) is 0.694. The molecule has 0 aliphatic heterocycles. The van der Waals surface area contributed by atoms with Gasteiger partial charge < -0.3 is 5.32 Å². The van der Waals surface area contributed by atoms with Crippen LogP contribution in [0, 0.1) is 0 Å². The number of halogens is 1. The van der Waals surface area contributed by atoms with E-state index in [1.807, 2.05) is 42.5 Å². The fourth-order valence-electron chi connectivity index (χ4n) is 2.32. The zero-order valence-corrected chi connectivity index (χ0v) is 15.0. The maximum absolute atomic E-state index is 12.3.